The van der Waals surface area contributed by atoms with Crippen LogP contribution in [0.4, 0.5) is 0 Å². The minimum atomic E-state index is -4.47. The summed E-state index contributed by atoms with van der Waals surface area (Å²) in [7, 11) is 1.45. The number of phosphoric acid groups is 1. The van der Waals surface area contributed by atoms with E-state index in [9.17, 15) is 19.0 Å². The van der Waals surface area contributed by atoms with Gasteiger partial charge in [0.1, 0.15) is 19.3 Å². The molecular formula is C73H128N2O7P+. The van der Waals surface area contributed by atoms with Gasteiger partial charge in [0, 0.05) is 12.8 Å². The van der Waals surface area contributed by atoms with Crippen LogP contribution in [0.2, 0.25) is 0 Å². The van der Waals surface area contributed by atoms with Crippen molar-refractivity contribution < 1.29 is 37.3 Å². The predicted octanol–water partition coefficient (Wildman–Crippen LogP) is 21.4. The average molecular weight is 1180 g/mol. The van der Waals surface area contributed by atoms with Crippen molar-refractivity contribution >= 4 is 19.7 Å². The number of unbranched alkanes of at least 4 members (excludes halogenated alkanes) is 26. The van der Waals surface area contributed by atoms with E-state index in [-0.39, 0.29) is 37.9 Å². The Morgan fingerprint density at radius 2 is 0.771 bits per heavy atom. The number of hydrogen-bond donors (Lipinski definition) is 2. The number of amides is 1. The zero-order valence-electron chi connectivity index (χ0n) is 54.4. The van der Waals surface area contributed by atoms with Crippen molar-refractivity contribution in [1.29, 1.82) is 0 Å². The van der Waals surface area contributed by atoms with Gasteiger partial charge >= 0.3 is 13.8 Å². The molecule has 3 atom stereocenters. The van der Waals surface area contributed by atoms with Crippen molar-refractivity contribution in [3.8, 4) is 0 Å². The molecule has 476 valence electrons. The molecule has 0 aromatic rings. The molecule has 0 aliphatic carbocycles. The van der Waals surface area contributed by atoms with Crippen LogP contribution in [-0.4, -0.2) is 74.3 Å². The van der Waals surface area contributed by atoms with Crippen molar-refractivity contribution in [3.05, 3.63) is 122 Å². The Hall–Kier alpha value is -3.59. The van der Waals surface area contributed by atoms with Crippen LogP contribution >= 0.6 is 7.82 Å². The van der Waals surface area contributed by atoms with Gasteiger partial charge < -0.3 is 19.4 Å². The van der Waals surface area contributed by atoms with E-state index in [0.717, 1.165) is 103 Å². The summed E-state index contributed by atoms with van der Waals surface area (Å²) >= 11 is 0. The van der Waals surface area contributed by atoms with E-state index < -0.39 is 20.0 Å². The lowest BCUT2D eigenvalue weighted by Gasteiger charge is -2.27. The number of carbonyl (C=O) groups is 2. The molecule has 0 fully saturated rings. The molecule has 9 nitrogen and oxygen atoms in total. The molecule has 0 saturated heterocycles. The van der Waals surface area contributed by atoms with Gasteiger partial charge in [0.25, 0.3) is 0 Å². The number of hydrogen-bond acceptors (Lipinski definition) is 6. The number of likely N-dealkylation sites (N-methyl/N-ethyl adjacent to an activating group) is 1. The predicted molar refractivity (Wildman–Crippen MR) is 360 cm³/mol. The minimum Gasteiger partial charge on any atom is -0.456 e. The number of allylic oxidation sites excluding steroid dienone is 19. The third-order valence-electron chi connectivity index (χ3n) is 14.4. The highest BCUT2D eigenvalue weighted by Crippen LogP contribution is 2.43. The van der Waals surface area contributed by atoms with Crippen molar-refractivity contribution in [2.24, 2.45) is 0 Å². The van der Waals surface area contributed by atoms with E-state index in [1.54, 1.807) is 0 Å². The van der Waals surface area contributed by atoms with Gasteiger partial charge in [0.05, 0.1) is 33.8 Å². The fourth-order valence-electron chi connectivity index (χ4n) is 9.19. The van der Waals surface area contributed by atoms with Crippen molar-refractivity contribution in [1.82, 2.24) is 5.32 Å². The quantitative estimate of drug-likeness (QED) is 0.0205. The molecule has 0 aliphatic heterocycles. The van der Waals surface area contributed by atoms with E-state index >= 15 is 0 Å². The standard InChI is InChI=1S/C73H127N2O7P/c1-7-10-13-16-19-22-25-27-29-31-33-35-36-37-38-40-42-44-46-48-51-54-57-60-63-66-73(77)82-71(64-61-58-55-52-49-24-21-18-15-12-9-3)70(69-81-83(78,79)80-68-67-75(4,5)6)74-72(76)65-62-59-56-53-50-47-45-43-41-39-34-32-30-28-26-23-20-17-14-11-8-2/h11,14,19-20,22-23,27-30,33-35,39,43,45,50,53,61,64,70-71H,7-10,12-13,15-18,21,24-26,31-32,36-38,40-42,44,46-49,51-52,54-60,62-63,65-69H2,1-6H3,(H-,74,76,78,79)/p+1/b14-11-,22-19-,23-20-,29-27-,30-28-,35-33-,39-34-,45-43-,53-50-,64-61+. The maximum Gasteiger partial charge on any atom is 0.472 e. The van der Waals surface area contributed by atoms with Crippen LogP contribution in [0.15, 0.2) is 122 Å². The fourth-order valence-corrected chi connectivity index (χ4v) is 9.92. The molecule has 0 aromatic heterocycles. The zero-order valence-corrected chi connectivity index (χ0v) is 55.3. The smallest absolute Gasteiger partial charge is 0.456 e. The first-order valence-electron chi connectivity index (χ1n) is 33.9. The first-order valence-corrected chi connectivity index (χ1v) is 35.4. The van der Waals surface area contributed by atoms with Crippen molar-refractivity contribution in [2.45, 2.75) is 290 Å². The third kappa shape index (κ3) is 62.8. The molecule has 0 saturated carbocycles. The molecule has 0 rings (SSSR count). The Kier molecular flexibility index (Phi) is 58.8. The van der Waals surface area contributed by atoms with E-state index in [0.29, 0.717) is 17.4 Å². The van der Waals surface area contributed by atoms with Gasteiger partial charge in [-0.25, -0.2) is 4.57 Å². The molecule has 3 unspecified atom stereocenters. The summed E-state index contributed by atoms with van der Waals surface area (Å²) in [5, 5.41) is 3.03. The molecule has 0 aromatic carbocycles. The molecule has 10 heteroatoms. The molecule has 0 radical (unpaired) electrons. The largest absolute Gasteiger partial charge is 0.472 e. The third-order valence-corrected chi connectivity index (χ3v) is 15.4. The number of rotatable bonds is 60. The second-order valence-electron chi connectivity index (χ2n) is 23.6. The normalized spacial score (nSPS) is 14.3. The zero-order chi connectivity index (χ0) is 60.7. The molecule has 1 amide bonds. The van der Waals surface area contributed by atoms with E-state index in [2.05, 4.69) is 135 Å². The van der Waals surface area contributed by atoms with Crippen LogP contribution in [-0.2, 0) is 27.9 Å². The topological polar surface area (TPSA) is 111 Å². The lowest BCUT2D eigenvalue weighted by Crippen LogP contribution is -2.47. The number of carbonyl (C=O) groups excluding carboxylic acids is 2. The van der Waals surface area contributed by atoms with Crippen LogP contribution in [0, 0.1) is 0 Å². The van der Waals surface area contributed by atoms with Gasteiger partial charge in [0.2, 0.25) is 5.91 Å². The van der Waals surface area contributed by atoms with E-state index in [4.69, 9.17) is 13.8 Å². The molecule has 0 aliphatic rings. The first-order chi connectivity index (χ1) is 40.4. The molecule has 0 bridgehead atoms. The number of quaternary nitrogens is 1. The summed E-state index contributed by atoms with van der Waals surface area (Å²) in [5.74, 6) is -0.562. The molecular weight excluding hydrogens is 1050 g/mol. The van der Waals surface area contributed by atoms with Crippen LogP contribution in [0.3, 0.4) is 0 Å². The van der Waals surface area contributed by atoms with Gasteiger partial charge in [-0.1, -0.05) is 265 Å². The highest BCUT2D eigenvalue weighted by molar-refractivity contribution is 7.47. The van der Waals surface area contributed by atoms with Crippen LogP contribution in [0.25, 0.3) is 0 Å². The number of phosphoric ester groups is 1. The SMILES string of the molecule is CC/C=C\C/C=C\C/C=C\C/C=C\C/C=C\C/C=C\CCCCC(=O)NC(COP(=O)(O)OCC[N+](C)(C)C)C(/C=C/CCCCCCCCCCC)OC(=O)CCCCCCCCCCCCCC/C=C\C/C=C\C/C=C\CCCCC. The van der Waals surface area contributed by atoms with Crippen LogP contribution in [0.1, 0.15) is 278 Å². The number of nitrogens with zero attached hydrogens (tertiary/aromatic N) is 1. The second kappa shape index (κ2) is 61.5. The van der Waals surface area contributed by atoms with Gasteiger partial charge in [-0.2, -0.15) is 0 Å². The van der Waals surface area contributed by atoms with Crippen molar-refractivity contribution in [2.75, 3.05) is 40.9 Å². The maximum absolute atomic E-state index is 13.6. The average Bonchev–Trinajstić information content (AvgIpc) is 3.51. The number of nitrogens with one attached hydrogen (secondary N) is 1. The highest BCUT2D eigenvalue weighted by atomic mass is 31.2. The Bertz CT molecular complexity index is 1830. The van der Waals surface area contributed by atoms with Crippen molar-refractivity contribution in [3.63, 3.8) is 0 Å². The monoisotopic (exact) mass is 1180 g/mol. The highest BCUT2D eigenvalue weighted by Gasteiger charge is 2.30. The lowest BCUT2D eigenvalue weighted by molar-refractivity contribution is -0.870. The Morgan fingerprint density at radius 1 is 0.434 bits per heavy atom. The first kappa shape index (κ1) is 79.4. The second-order valence-corrected chi connectivity index (χ2v) is 25.1. The van der Waals surface area contributed by atoms with Crippen LogP contribution in [0.5, 0.6) is 0 Å². The number of ether oxygens (including phenoxy) is 1. The molecule has 2 N–H and O–H groups in total. The van der Waals surface area contributed by atoms with E-state index in [1.807, 2.05) is 33.3 Å². The van der Waals surface area contributed by atoms with E-state index in [1.165, 1.54) is 135 Å². The fraction of sp³-hybridized carbons (Fsp3) is 0.699. The summed E-state index contributed by atoms with van der Waals surface area (Å²) in [6, 6.07) is -0.880. The summed E-state index contributed by atoms with van der Waals surface area (Å²) in [6.45, 7) is 6.83. The minimum absolute atomic E-state index is 0.0254. The Balaban J connectivity index is 5.16. The molecule has 83 heavy (non-hydrogen) atoms. The van der Waals surface area contributed by atoms with Crippen LogP contribution < -0.4 is 5.32 Å². The summed E-state index contributed by atoms with van der Waals surface area (Å²) in [6.07, 6.45) is 86.4. The molecule has 0 heterocycles. The summed E-state index contributed by atoms with van der Waals surface area (Å²) in [4.78, 5) is 37.8. The maximum atomic E-state index is 13.6. The summed E-state index contributed by atoms with van der Waals surface area (Å²) in [5.41, 5.74) is 0. The van der Waals surface area contributed by atoms with Gasteiger partial charge in [-0.15, -0.1) is 0 Å². The lowest BCUT2D eigenvalue weighted by atomic mass is 10.0. The van der Waals surface area contributed by atoms with Gasteiger partial charge in [-0.3, -0.25) is 18.6 Å². The molecule has 0 spiro atoms. The Morgan fingerprint density at radius 3 is 1.19 bits per heavy atom. The number of esters is 1. The van der Waals surface area contributed by atoms with Gasteiger partial charge in [0.15, 0.2) is 0 Å². The summed E-state index contributed by atoms with van der Waals surface area (Å²) < 4.78 is 30.7. The Labute approximate surface area is 512 Å². The van der Waals surface area contributed by atoms with Gasteiger partial charge in [-0.05, 0) is 122 Å².